The van der Waals surface area contributed by atoms with Crippen molar-refractivity contribution in [2.45, 2.75) is 12.3 Å². The highest BCUT2D eigenvalue weighted by Gasteiger charge is 2.17. The molecule has 0 spiro atoms. The van der Waals surface area contributed by atoms with E-state index < -0.39 is 0 Å². The minimum absolute atomic E-state index is 0.0781. The van der Waals surface area contributed by atoms with Crippen LogP contribution in [0.25, 0.3) is 0 Å². The van der Waals surface area contributed by atoms with Crippen LogP contribution < -0.4 is 0 Å². The first-order chi connectivity index (χ1) is 8.81. The molecule has 0 atom stereocenters. The highest BCUT2D eigenvalue weighted by molar-refractivity contribution is 6.27. The quantitative estimate of drug-likeness (QED) is 0.741. The third kappa shape index (κ3) is 3.21. The number of carbonyl (C=O) groups excluding carboxylic acids is 1. The molecular weight excluding hydrogens is 244 g/mol. The van der Waals surface area contributed by atoms with Gasteiger partial charge in [-0.25, -0.2) is 0 Å². The summed E-state index contributed by atoms with van der Waals surface area (Å²) < 4.78 is 0. The maximum Gasteiger partial charge on any atom is 0.148 e. The van der Waals surface area contributed by atoms with Gasteiger partial charge in [0.1, 0.15) is 5.78 Å². The number of benzene rings is 2. The molecule has 1 nitrogen and oxygen atoms in total. The Morgan fingerprint density at radius 1 is 0.889 bits per heavy atom. The van der Waals surface area contributed by atoms with Crippen molar-refractivity contribution in [1.82, 2.24) is 0 Å². The Balaban J connectivity index is 2.32. The van der Waals surface area contributed by atoms with Crippen molar-refractivity contribution in [3.05, 3.63) is 71.8 Å². The van der Waals surface area contributed by atoms with E-state index in [0.717, 1.165) is 11.1 Å². The Hall–Kier alpha value is -1.60. The molecule has 0 saturated heterocycles. The van der Waals surface area contributed by atoms with Crippen molar-refractivity contribution in [1.29, 1.82) is 0 Å². The number of rotatable bonds is 5. The van der Waals surface area contributed by atoms with Gasteiger partial charge < -0.3 is 0 Å². The molecule has 0 saturated carbocycles. The van der Waals surface area contributed by atoms with Gasteiger partial charge in [-0.05, 0) is 11.1 Å². The topological polar surface area (TPSA) is 17.1 Å². The fourth-order valence-corrected chi connectivity index (χ4v) is 2.19. The monoisotopic (exact) mass is 258 g/mol. The van der Waals surface area contributed by atoms with Crippen molar-refractivity contribution in [3.63, 3.8) is 0 Å². The van der Waals surface area contributed by atoms with Crippen LogP contribution in [0.15, 0.2) is 60.7 Å². The molecule has 2 aromatic carbocycles. The molecule has 0 amide bonds. The smallest absolute Gasteiger partial charge is 0.148 e. The van der Waals surface area contributed by atoms with Crippen LogP contribution in [0.4, 0.5) is 0 Å². The summed E-state index contributed by atoms with van der Waals surface area (Å²) in [5.41, 5.74) is 2.31. The zero-order valence-electron chi connectivity index (χ0n) is 10.1. The second kappa shape index (κ2) is 6.36. The molecule has 2 rings (SSSR count). The van der Waals surface area contributed by atoms with Crippen LogP contribution in [0.2, 0.25) is 0 Å². The zero-order valence-corrected chi connectivity index (χ0v) is 10.8. The standard InChI is InChI=1S/C16H15ClO/c17-12-15(18)11-16(13-7-3-1-4-8-13)14-9-5-2-6-10-14/h1-10,16H,11-12H2. The van der Waals surface area contributed by atoms with Crippen LogP contribution in [0.3, 0.4) is 0 Å². The highest BCUT2D eigenvalue weighted by atomic mass is 35.5. The fourth-order valence-electron chi connectivity index (χ4n) is 2.08. The SMILES string of the molecule is O=C(CCl)CC(c1ccccc1)c1ccccc1. The molecule has 2 aromatic rings. The molecule has 0 aromatic heterocycles. The average Bonchev–Trinajstić information content (AvgIpc) is 2.46. The first kappa shape index (κ1) is 12.8. The number of hydrogen-bond donors (Lipinski definition) is 0. The molecule has 0 radical (unpaired) electrons. The van der Waals surface area contributed by atoms with E-state index in [-0.39, 0.29) is 17.6 Å². The van der Waals surface area contributed by atoms with Crippen LogP contribution in [-0.4, -0.2) is 11.7 Å². The lowest BCUT2D eigenvalue weighted by atomic mass is 9.87. The zero-order chi connectivity index (χ0) is 12.8. The summed E-state index contributed by atoms with van der Waals surface area (Å²) in [6, 6.07) is 20.2. The largest absolute Gasteiger partial charge is 0.298 e. The molecule has 18 heavy (non-hydrogen) atoms. The number of halogens is 1. The van der Waals surface area contributed by atoms with E-state index in [1.165, 1.54) is 0 Å². The van der Waals surface area contributed by atoms with Crippen molar-refractivity contribution in [3.8, 4) is 0 Å². The summed E-state index contributed by atoms with van der Waals surface area (Å²) in [5, 5.41) is 0. The molecule has 0 heterocycles. The number of Topliss-reactive ketones (excluding diaryl/α,β-unsaturated/α-hetero) is 1. The van der Waals surface area contributed by atoms with Crippen LogP contribution in [-0.2, 0) is 4.79 Å². The van der Waals surface area contributed by atoms with E-state index in [1.54, 1.807) is 0 Å². The second-order valence-corrected chi connectivity index (χ2v) is 4.52. The predicted molar refractivity (Wildman–Crippen MR) is 75.1 cm³/mol. The summed E-state index contributed by atoms with van der Waals surface area (Å²) in [4.78, 5) is 11.6. The minimum Gasteiger partial charge on any atom is -0.298 e. The van der Waals surface area contributed by atoms with Gasteiger partial charge in [-0.15, -0.1) is 11.6 Å². The average molecular weight is 259 g/mol. The maximum absolute atomic E-state index is 11.6. The van der Waals surface area contributed by atoms with Gasteiger partial charge in [0.05, 0.1) is 5.88 Å². The van der Waals surface area contributed by atoms with Gasteiger partial charge in [-0.1, -0.05) is 60.7 Å². The lowest BCUT2D eigenvalue weighted by molar-refractivity contribution is -0.116. The van der Waals surface area contributed by atoms with E-state index >= 15 is 0 Å². The van der Waals surface area contributed by atoms with E-state index in [4.69, 9.17) is 11.6 Å². The van der Waals surface area contributed by atoms with E-state index in [1.807, 2.05) is 36.4 Å². The number of hydrogen-bond acceptors (Lipinski definition) is 1. The molecule has 0 aliphatic rings. The summed E-state index contributed by atoms with van der Waals surface area (Å²) >= 11 is 5.62. The van der Waals surface area contributed by atoms with Crippen LogP contribution in [0.5, 0.6) is 0 Å². The summed E-state index contributed by atoms with van der Waals surface area (Å²) in [6.07, 6.45) is 0.456. The van der Waals surface area contributed by atoms with Crippen molar-refractivity contribution < 1.29 is 4.79 Å². The van der Waals surface area contributed by atoms with Gasteiger partial charge in [0.25, 0.3) is 0 Å². The van der Waals surface area contributed by atoms with Crippen LogP contribution >= 0.6 is 11.6 Å². The number of carbonyl (C=O) groups is 1. The molecular formula is C16H15ClO. The summed E-state index contributed by atoms with van der Waals surface area (Å²) in [6.45, 7) is 0. The van der Waals surface area contributed by atoms with Crippen molar-refractivity contribution in [2.75, 3.05) is 5.88 Å². The van der Waals surface area contributed by atoms with Crippen LogP contribution in [0.1, 0.15) is 23.5 Å². The molecule has 2 heteroatoms. The fraction of sp³-hybridized carbons (Fsp3) is 0.188. The molecule has 0 bridgehead atoms. The van der Waals surface area contributed by atoms with Gasteiger partial charge in [-0.2, -0.15) is 0 Å². The minimum atomic E-state index is 0.0781. The van der Waals surface area contributed by atoms with E-state index in [9.17, 15) is 4.79 Å². The molecule has 0 fully saturated rings. The second-order valence-electron chi connectivity index (χ2n) is 4.25. The molecule has 0 unspecified atom stereocenters. The van der Waals surface area contributed by atoms with Gasteiger partial charge in [0, 0.05) is 12.3 Å². The lowest BCUT2D eigenvalue weighted by Crippen LogP contribution is -2.09. The summed E-state index contributed by atoms with van der Waals surface area (Å²) in [5.74, 6) is 0.254. The van der Waals surface area contributed by atoms with Gasteiger partial charge in [0.2, 0.25) is 0 Å². The number of alkyl halides is 1. The van der Waals surface area contributed by atoms with E-state index in [2.05, 4.69) is 24.3 Å². The Bertz CT molecular complexity index is 454. The third-order valence-electron chi connectivity index (χ3n) is 2.98. The lowest BCUT2D eigenvalue weighted by Gasteiger charge is -2.16. The van der Waals surface area contributed by atoms with Gasteiger partial charge in [0.15, 0.2) is 0 Å². The Morgan fingerprint density at radius 3 is 1.72 bits per heavy atom. The first-order valence-electron chi connectivity index (χ1n) is 5.99. The summed E-state index contributed by atoms with van der Waals surface area (Å²) in [7, 11) is 0. The van der Waals surface area contributed by atoms with Crippen molar-refractivity contribution in [2.24, 2.45) is 0 Å². The molecule has 92 valence electrons. The molecule has 0 aliphatic carbocycles. The van der Waals surface area contributed by atoms with Crippen molar-refractivity contribution >= 4 is 17.4 Å². The normalized spacial score (nSPS) is 10.6. The highest BCUT2D eigenvalue weighted by Crippen LogP contribution is 2.28. The Labute approximate surface area is 112 Å². The van der Waals surface area contributed by atoms with E-state index in [0.29, 0.717) is 6.42 Å². The number of ketones is 1. The molecule has 0 aliphatic heterocycles. The van der Waals surface area contributed by atoms with Crippen LogP contribution in [0, 0.1) is 0 Å². The third-order valence-corrected chi connectivity index (χ3v) is 3.28. The first-order valence-corrected chi connectivity index (χ1v) is 6.52. The Kier molecular flexibility index (Phi) is 4.54. The Morgan fingerprint density at radius 2 is 1.33 bits per heavy atom. The molecule has 0 N–H and O–H groups in total. The van der Waals surface area contributed by atoms with Gasteiger partial charge in [-0.3, -0.25) is 4.79 Å². The van der Waals surface area contributed by atoms with Gasteiger partial charge >= 0.3 is 0 Å². The maximum atomic E-state index is 11.6. The predicted octanol–water partition coefficient (Wildman–Crippen LogP) is 4.02.